The lowest BCUT2D eigenvalue weighted by Gasteiger charge is -2.24. The Hall–Kier alpha value is -1.02. The van der Waals surface area contributed by atoms with Crippen molar-refractivity contribution < 1.29 is 9.84 Å². The molecule has 1 atom stereocenters. The zero-order valence-electron chi connectivity index (χ0n) is 9.58. The second-order valence-electron chi connectivity index (χ2n) is 4.97. The molecule has 0 bridgehead atoms. The summed E-state index contributed by atoms with van der Waals surface area (Å²) in [4.78, 5) is 0. The molecule has 2 rings (SSSR count). The van der Waals surface area contributed by atoms with E-state index in [1.807, 2.05) is 26.0 Å². The van der Waals surface area contributed by atoms with Crippen LogP contribution in [0.4, 0.5) is 0 Å². The minimum atomic E-state index is -0.227. The fourth-order valence-electron chi connectivity index (χ4n) is 2.06. The average molecular weight is 206 g/mol. The highest BCUT2D eigenvalue weighted by Gasteiger charge is 2.29. The first-order valence-corrected chi connectivity index (χ1v) is 5.44. The Morgan fingerprint density at radius 3 is 2.87 bits per heavy atom. The third-order valence-electron chi connectivity index (χ3n) is 3.05. The molecule has 0 amide bonds. The molecule has 0 saturated heterocycles. The van der Waals surface area contributed by atoms with Crippen molar-refractivity contribution in [3.8, 4) is 5.75 Å². The lowest BCUT2D eigenvalue weighted by Crippen LogP contribution is -2.23. The van der Waals surface area contributed by atoms with E-state index in [1.165, 1.54) is 5.56 Å². The van der Waals surface area contributed by atoms with Gasteiger partial charge in [-0.25, -0.2) is 0 Å². The Labute approximate surface area is 90.9 Å². The van der Waals surface area contributed by atoms with Crippen LogP contribution in [0.15, 0.2) is 18.2 Å². The number of hydrogen-bond acceptors (Lipinski definition) is 2. The summed E-state index contributed by atoms with van der Waals surface area (Å²) >= 11 is 0. The van der Waals surface area contributed by atoms with Gasteiger partial charge in [-0.15, -0.1) is 0 Å². The number of ether oxygens (including phenoxy) is 1. The van der Waals surface area contributed by atoms with Gasteiger partial charge in [0.25, 0.3) is 0 Å². The van der Waals surface area contributed by atoms with Gasteiger partial charge in [0, 0.05) is 17.4 Å². The number of rotatable bonds is 2. The summed E-state index contributed by atoms with van der Waals surface area (Å²) in [5, 5.41) is 9.39. The van der Waals surface area contributed by atoms with Gasteiger partial charge in [-0.1, -0.05) is 32.0 Å². The van der Waals surface area contributed by atoms with Crippen LogP contribution < -0.4 is 4.74 Å². The van der Waals surface area contributed by atoms with E-state index in [0.717, 1.165) is 17.7 Å². The molecule has 2 nitrogen and oxygen atoms in total. The molecule has 1 unspecified atom stereocenters. The molecule has 1 aliphatic heterocycles. The Kier molecular flexibility index (Phi) is 2.47. The first kappa shape index (κ1) is 10.5. The van der Waals surface area contributed by atoms with E-state index in [0.29, 0.717) is 0 Å². The van der Waals surface area contributed by atoms with Crippen molar-refractivity contribution in [2.75, 3.05) is 6.61 Å². The molecule has 82 valence electrons. The van der Waals surface area contributed by atoms with Gasteiger partial charge in [-0.3, -0.25) is 0 Å². The van der Waals surface area contributed by atoms with E-state index in [1.54, 1.807) is 0 Å². The minimum Gasteiger partial charge on any atom is -0.490 e. The van der Waals surface area contributed by atoms with Gasteiger partial charge in [-0.05, 0) is 12.5 Å². The number of para-hydroxylation sites is 1. The van der Waals surface area contributed by atoms with Crippen molar-refractivity contribution in [3.63, 3.8) is 0 Å². The van der Waals surface area contributed by atoms with Gasteiger partial charge >= 0.3 is 0 Å². The van der Waals surface area contributed by atoms with Gasteiger partial charge < -0.3 is 9.84 Å². The molecular weight excluding hydrogens is 188 g/mol. The summed E-state index contributed by atoms with van der Waals surface area (Å²) < 4.78 is 5.81. The molecule has 0 fully saturated rings. The van der Waals surface area contributed by atoms with Crippen LogP contribution in [0.5, 0.6) is 5.75 Å². The predicted octanol–water partition coefficient (Wildman–Crippen LogP) is 2.28. The monoisotopic (exact) mass is 206 g/mol. The van der Waals surface area contributed by atoms with Gasteiger partial charge in [0.1, 0.15) is 11.9 Å². The molecule has 15 heavy (non-hydrogen) atoms. The summed E-state index contributed by atoms with van der Waals surface area (Å²) in [7, 11) is 0. The van der Waals surface area contributed by atoms with Crippen molar-refractivity contribution in [1.29, 1.82) is 0 Å². The highest BCUT2D eigenvalue weighted by molar-refractivity contribution is 5.48. The van der Waals surface area contributed by atoms with Crippen LogP contribution >= 0.6 is 0 Å². The molecule has 0 radical (unpaired) electrons. The van der Waals surface area contributed by atoms with Crippen molar-refractivity contribution in [2.45, 2.75) is 38.7 Å². The van der Waals surface area contributed by atoms with E-state index < -0.39 is 0 Å². The van der Waals surface area contributed by atoms with Crippen molar-refractivity contribution >= 4 is 0 Å². The highest BCUT2D eigenvalue weighted by Crippen LogP contribution is 2.38. The Bertz CT molecular complexity index is 369. The molecule has 1 aliphatic rings. The number of aliphatic hydroxyl groups excluding tert-OH is 1. The topological polar surface area (TPSA) is 29.5 Å². The van der Waals surface area contributed by atoms with Crippen LogP contribution in [0.3, 0.4) is 0 Å². The Morgan fingerprint density at radius 1 is 1.47 bits per heavy atom. The average Bonchev–Trinajstić information content (AvgIpc) is 2.57. The zero-order valence-corrected chi connectivity index (χ0v) is 9.58. The lowest BCUT2D eigenvalue weighted by molar-refractivity contribution is 0.206. The summed E-state index contributed by atoms with van der Waals surface area (Å²) in [6.45, 7) is 6.29. The summed E-state index contributed by atoms with van der Waals surface area (Å²) in [5.41, 5.74) is 2.16. The fourth-order valence-corrected chi connectivity index (χ4v) is 2.06. The number of aliphatic hydroxyl groups is 1. The summed E-state index contributed by atoms with van der Waals surface area (Å²) in [6, 6.07) is 6.20. The Balaban J connectivity index is 2.47. The molecule has 0 aromatic heterocycles. The molecule has 1 N–H and O–H groups in total. The van der Waals surface area contributed by atoms with Crippen molar-refractivity contribution in [1.82, 2.24) is 0 Å². The largest absolute Gasteiger partial charge is 0.490 e. The van der Waals surface area contributed by atoms with Crippen LogP contribution in [0.2, 0.25) is 0 Å². The molecule has 0 saturated carbocycles. The first-order chi connectivity index (χ1) is 7.04. The number of benzene rings is 1. The van der Waals surface area contributed by atoms with Crippen LogP contribution in [-0.2, 0) is 11.8 Å². The molecule has 1 heterocycles. The highest BCUT2D eigenvalue weighted by atomic mass is 16.5. The van der Waals surface area contributed by atoms with Crippen molar-refractivity contribution in [3.05, 3.63) is 29.3 Å². The maximum Gasteiger partial charge on any atom is 0.126 e. The SMILES string of the molecule is CC1Cc2cccc(C(C)(C)CO)c2O1. The van der Waals surface area contributed by atoms with E-state index >= 15 is 0 Å². The van der Waals surface area contributed by atoms with E-state index in [-0.39, 0.29) is 18.1 Å². The second kappa shape index (κ2) is 3.53. The van der Waals surface area contributed by atoms with E-state index in [9.17, 15) is 5.11 Å². The van der Waals surface area contributed by atoms with Crippen LogP contribution in [0.25, 0.3) is 0 Å². The maximum atomic E-state index is 9.39. The number of fused-ring (bicyclic) bond motifs is 1. The van der Waals surface area contributed by atoms with Gasteiger partial charge in [0.05, 0.1) is 6.61 Å². The standard InChI is InChI=1S/C13H18O2/c1-9-7-10-5-4-6-11(12(10)15-9)13(2,3)8-14/h4-6,9,14H,7-8H2,1-3H3. The van der Waals surface area contributed by atoms with Gasteiger partial charge in [-0.2, -0.15) is 0 Å². The second-order valence-corrected chi connectivity index (χ2v) is 4.97. The normalized spacial score (nSPS) is 19.9. The van der Waals surface area contributed by atoms with Gasteiger partial charge in [0.15, 0.2) is 0 Å². The minimum absolute atomic E-state index is 0.140. The van der Waals surface area contributed by atoms with Crippen LogP contribution in [0, 0.1) is 0 Å². The molecule has 1 aromatic rings. The maximum absolute atomic E-state index is 9.39. The molecule has 2 heteroatoms. The third-order valence-corrected chi connectivity index (χ3v) is 3.05. The molecule has 0 spiro atoms. The quantitative estimate of drug-likeness (QED) is 0.804. The molecular formula is C13H18O2. The van der Waals surface area contributed by atoms with E-state index in [2.05, 4.69) is 13.0 Å². The third kappa shape index (κ3) is 1.74. The van der Waals surface area contributed by atoms with Crippen LogP contribution in [0.1, 0.15) is 31.9 Å². The number of hydrogen-bond donors (Lipinski definition) is 1. The Morgan fingerprint density at radius 2 is 2.20 bits per heavy atom. The smallest absolute Gasteiger partial charge is 0.126 e. The van der Waals surface area contributed by atoms with Crippen molar-refractivity contribution in [2.24, 2.45) is 0 Å². The summed E-state index contributed by atoms with van der Waals surface area (Å²) in [6.07, 6.45) is 1.24. The lowest BCUT2D eigenvalue weighted by atomic mass is 9.84. The fraction of sp³-hybridized carbons (Fsp3) is 0.538. The van der Waals surface area contributed by atoms with Gasteiger partial charge in [0.2, 0.25) is 0 Å². The first-order valence-electron chi connectivity index (χ1n) is 5.44. The molecule has 1 aromatic carbocycles. The molecule has 0 aliphatic carbocycles. The van der Waals surface area contributed by atoms with Crippen LogP contribution in [-0.4, -0.2) is 17.8 Å². The predicted molar refractivity (Wildman–Crippen MR) is 60.3 cm³/mol. The zero-order chi connectivity index (χ0) is 11.1. The van der Waals surface area contributed by atoms with E-state index in [4.69, 9.17) is 4.74 Å². The summed E-state index contributed by atoms with van der Waals surface area (Å²) in [5.74, 6) is 0.990.